The summed E-state index contributed by atoms with van der Waals surface area (Å²) >= 11 is 0. The van der Waals surface area contributed by atoms with E-state index in [0.717, 1.165) is 11.3 Å². The van der Waals surface area contributed by atoms with Crippen LogP contribution in [0, 0.1) is 12.3 Å². The van der Waals surface area contributed by atoms with Gasteiger partial charge in [-0.25, -0.2) is 0 Å². The van der Waals surface area contributed by atoms with Crippen LogP contribution >= 0.6 is 0 Å². The van der Waals surface area contributed by atoms with Crippen LogP contribution < -0.4 is 5.32 Å². The van der Waals surface area contributed by atoms with E-state index < -0.39 is 5.41 Å². The highest BCUT2D eigenvalue weighted by atomic mass is 16.6. The Balaban J connectivity index is 1.20. The normalized spacial score (nSPS) is 16.1. The van der Waals surface area contributed by atoms with Crippen molar-refractivity contribution in [2.24, 2.45) is 0 Å². The second kappa shape index (κ2) is 11.0. The first-order chi connectivity index (χ1) is 14.7. The lowest BCUT2D eigenvalue weighted by atomic mass is 9.75. The molecule has 1 N–H and O–H groups in total. The van der Waals surface area contributed by atoms with Crippen molar-refractivity contribution in [2.45, 2.75) is 11.8 Å². The van der Waals surface area contributed by atoms with E-state index in [1.807, 2.05) is 0 Å². The lowest BCUT2D eigenvalue weighted by Gasteiger charge is -2.46. The second-order valence-electron chi connectivity index (χ2n) is 7.05. The summed E-state index contributed by atoms with van der Waals surface area (Å²) in [5.41, 5.74) is 1.01. The van der Waals surface area contributed by atoms with Crippen LogP contribution in [0.4, 0.5) is 5.69 Å². The summed E-state index contributed by atoms with van der Waals surface area (Å²) in [7, 11) is 0. The number of terminal acetylenes is 1. The molecule has 9 nitrogen and oxygen atoms in total. The van der Waals surface area contributed by atoms with Crippen LogP contribution in [0.15, 0.2) is 18.5 Å². The van der Waals surface area contributed by atoms with Crippen molar-refractivity contribution in [1.29, 1.82) is 0 Å². The van der Waals surface area contributed by atoms with Gasteiger partial charge in [-0.3, -0.25) is 14.6 Å². The fourth-order valence-corrected chi connectivity index (χ4v) is 3.45. The van der Waals surface area contributed by atoms with Crippen LogP contribution in [0.3, 0.4) is 0 Å². The zero-order valence-electron chi connectivity index (χ0n) is 16.9. The van der Waals surface area contributed by atoms with Gasteiger partial charge in [-0.05, 0) is 6.07 Å². The van der Waals surface area contributed by atoms with Crippen molar-refractivity contribution in [3.05, 3.63) is 24.0 Å². The molecule has 2 aliphatic heterocycles. The molecule has 1 fully saturated rings. The molecule has 0 saturated carbocycles. The predicted molar refractivity (Wildman–Crippen MR) is 108 cm³/mol. The van der Waals surface area contributed by atoms with E-state index in [0.29, 0.717) is 65.9 Å². The molecular formula is C21H27N3O6. The SMILES string of the molecule is C#CCOCCOCCOCCOCCC(=O)N1CC2(C1)C(=O)Nc1ccncc12. The predicted octanol–water partition coefficient (Wildman–Crippen LogP) is 0.203. The maximum absolute atomic E-state index is 12.4. The number of hydrogen-bond acceptors (Lipinski definition) is 7. The average Bonchev–Trinajstić information content (AvgIpc) is 3.02. The third-order valence-electron chi connectivity index (χ3n) is 5.06. The lowest BCUT2D eigenvalue weighted by molar-refractivity contribution is -0.144. The highest BCUT2D eigenvalue weighted by Gasteiger charge is 2.56. The number of fused-ring (bicyclic) bond motifs is 2. The molecule has 0 bridgehead atoms. The van der Waals surface area contributed by atoms with Crippen LogP contribution in [-0.2, 0) is 34.0 Å². The van der Waals surface area contributed by atoms with E-state index in [-0.39, 0.29) is 18.2 Å². The van der Waals surface area contributed by atoms with Gasteiger partial charge in [0.15, 0.2) is 0 Å². The number of pyridine rings is 1. The van der Waals surface area contributed by atoms with Crippen molar-refractivity contribution in [3.63, 3.8) is 0 Å². The Morgan fingerprint density at radius 3 is 2.40 bits per heavy atom. The van der Waals surface area contributed by atoms with Gasteiger partial charge >= 0.3 is 0 Å². The Bertz CT molecular complexity index is 772. The van der Waals surface area contributed by atoms with Gasteiger partial charge in [-0.2, -0.15) is 0 Å². The highest BCUT2D eigenvalue weighted by molar-refractivity contribution is 6.08. The van der Waals surface area contributed by atoms with Crippen LogP contribution in [0.5, 0.6) is 0 Å². The molecule has 30 heavy (non-hydrogen) atoms. The van der Waals surface area contributed by atoms with Gasteiger partial charge in [-0.15, -0.1) is 6.42 Å². The van der Waals surface area contributed by atoms with Gasteiger partial charge < -0.3 is 29.2 Å². The fourth-order valence-electron chi connectivity index (χ4n) is 3.45. The fraction of sp³-hybridized carbons (Fsp3) is 0.571. The molecule has 9 heteroatoms. The first kappa shape index (κ1) is 22.2. The minimum absolute atomic E-state index is 0.0212. The number of aromatic nitrogens is 1. The minimum atomic E-state index is -0.649. The molecule has 0 unspecified atom stereocenters. The van der Waals surface area contributed by atoms with Gasteiger partial charge in [0.25, 0.3) is 0 Å². The van der Waals surface area contributed by atoms with Crippen molar-refractivity contribution in [3.8, 4) is 12.3 Å². The van der Waals surface area contributed by atoms with Gasteiger partial charge in [0.05, 0.1) is 52.7 Å². The third-order valence-corrected chi connectivity index (χ3v) is 5.06. The number of nitrogens with zero attached hydrogens (tertiary/aromatic N) is 2. The number of likely N-dealkylation sites (tertiary alicyclic amines) is 1. The maximum Gasteiger partial charge on any atom is 0.238 e. The van der Waals surface area contributed by atoms with E-state index in [9.17, 15) is 9.59 Å². The van der Waals surface area contributed by atoms with Crippen molar-refractivity contribution in [2.75, 3.05) is 71.3 Å². The molecule has 1 spiro atoms. The average molecular weight is 417 g/mol. The van der Waals surface area contributed by atoms with Crippen LogP contribution in [0.2, 0.25) is 0 Å². The molecule has 162 valence electrons. The number of nitrogens with one attached hydrogen (secondary N) is 1. The largest absolute Gasteiger partial charge is 0.379 e. The molecule has 1 saturated heterocycles. The standard InChI is InChI=1S/C21H27N3O6/c1-2-6-27-8-10-29-12-13-30-11-9-28-7-4-19(25)24-15-21(16-24)17-14-22-5-3-18(17)23-20(21)26/h1,3,5,14H,4,6-13,15-16H2,(H,23,26). The number of anilines is 1. The molecule has 0 aromatic carbocycles. The zero-order valence-corrected chi connectivity index (χ0v) is 16.9. The molecule has 2 aliphatic rings. The number of hydrogen-bond donors (Lipinski definition) is 1. The molecule has 0 aliphatic carbocycles. The molecule has 2 amide bonds. The van der Waals surface area contributed by atoms with E-state index in [1.165, 1.54) is 0 Å². The summed E-state index contributed by atoms with van der Waals surface area (Å²) in [6.45, 7) is 4.09. The molecule has 1 aromatic rings. The molecule has 3 heterocycles. The molecule has 0 atom stereocenters. The second-order valence-corrected chi connectivity index (χ2v) is 7.05. The Labute approximate surface area is 176 Å². The summed E-state index contributed by atoms with van der Waals surface area (Å²) in [5.74, 6) is 2.30. The number of carbonyl (C=O) groups is 2. The summed E-state index contributed by atoms with van der Waals surface area (Å²) in [4.78, 5) is 30.5. The number of rotatable bonds is 13. The van der Waals surface area contributed by atoms with Gasteiger partial charge in [-0.1, -0.05) is 5.92 Å². The smallest absolute Gasteiger partial charge is 0.238 e. The number of ether oxygens (including phenoxy) is 4. The van der Waals surface area contributed by atoms with E-state index in [1.54, 1.807) is 23.4 Å². The van der Waals surface area contributed by atoms with Crippen LogP contribution in [-0.4, -0.2) is 87.6 Å². The Morgan fingerprint density at radius 1 is 1.10 bits per heavy atom. The summed E-state index contributed by atoms with van der Waals surface area (Å²) in [6.07, 6.45) is 8.69. The quantitative estimate of drug-likeness (QED) is 0.362. The Kier molecular flexibility index (Phi) is 8.16. The number of carbonyl (C=O) groups excluding carboxylic acids is 2. The summed E-state index contributed by atoms with van der Waals surface area (Å²) in [6, 6.07) is 1.78. The first-order valence-electron chi connectivity index (χ1n) is 9.95. The summed E-state index contributed by atoms with van der Waals surface area (Å²) in [5, 5.41) is 2.87. The maximum atomic E-state index is 12.4. The first-order valence-corrected chi connectivity index (χ1v) is 9.95. The molecule has 1 aromatic heterocycles. The molecule has 0 radical (unpaired) electrons. The molecule has 3 rings (SSSR count). The lowest BCUT2D eigenvalue weighted by Crippen LogP contribution is -2.64. The topological polar surface area (TPSA) is 99.2 Å². The van der Waals surface area contributed by atoms with Crippen LogP contribution in [0.25, 0.3) is 0 Å². The molecular weight excluding hydrogens is 390 g/mol. The third kappa shape index (κ3) is 5.34. The van der Waals surface area contributed by atoms with Crippen molar-refractivity contribution < 1.29 is 28.5 Å². The summed E-state index contributed by atoms with van der Waals surface area (Å²) < 4.78 is 21.2. The van der Waals surface area contributed by atoms with Crippen molar-refractivity contribution >= 4 is 17.5 Å². The van der Waals surface area contributed by atoms with Gasteiger partial charge in [0.2, 0.25) is 11.8 Å². The zero-order chi connectivity index (χ0) is 21.2. The van der Waals surface area contributed by atoms with E-state index in [4.69, 9.17) is 25.4 Å². The van der Waals surface area contributed by atoms with Crippen molar-refractivity contribution in [1.82, 2.24) is 9.88 Å². The number of amides is 2. The van der Waals surface area contributed by atoms with E-state index >= 15 is 0 Å². The van der Waals surface area contributed by atoms with Gasteiger partial charge in [0, 0.05) is 36.7 Å². The Morgan fingerprint density at radius 2 is 1.73 bits per heavy atom. The van der Waals surface area contributed by atoms with Gasteiger partial charge in [0.1, 0.15) is 12.0 Å². The van der Waals surface area contributed by atoms with E-state index in [2.05, 4.69) is 16.2 Å². The monoisotopic (exact) mass is 417 g/mol. The van der Waals surface area contributed by atoms with Crippen LogP contribution in [0.1, 0.15) is 12.0 Å². The highest BCUT2D eigenvalue weighted by Crippen LogP contribution is 2.43. The minimum Gasteiger partial charge on any atom is -0.379 e. The Hall–Kier alpha value is -2.51.